The molecule has 0 fully saturated rings. The second-order valence-corrected chi connectivity index (χ2v) is 5.29. The topological polar surface area (TPSA) is 92.9 Å². The van der Waals surface area contributed by atoms with Crippen molar-refractivity contribution in [1.29, 1.82) is 0 Å². The Balaban J connectivity index is 2.21. The maximum atomic E-state index is 12.1. The van der Waals surface area contributed by atoms with Gasteiger partial charge in [0.2, 0.25) is 0 Å². The first-order chi connectivity index (χ1) is 9.51. The summed E-state index contributed by atoms with van der Waals surface area (Å²) < 4.78 is 0.844. The zero-order valence-electron chi connectivity index (χ0n) is 10.4. The van der Waals surface area contributed by atoms with Crippen molar-refractivity contribution in [2.75, 3.05) is 10.7 Å². The number of hydrogen-bond donors (Lipinski definition) is 3. The fraction of sp³-hybridized carbons (Fsp3) is 0.0833. The van der Waals surface area contributed by atoms with Crippen LogP contribution >= 0.6 is 27.5 Å². The molecule has 1 amide bonds. The highest BCUT2D eigenvalue weighted by Gasteiger charge is 2.11. The van der Waals surface area contributed by atoms with E-state index < -0.39 is 0 Å². The Hall–Kier alpha value is -1.70. The third-order valence-electron chi connectivity index (χ3n) is 2.52. The summed E-state index contributed by atoms with van der Waals surface area (Å²) in [7, 11) is 0. The van der Waals surface area contributed by atoms with Crippen LogP contribution < -0.4 is 16.6 Å². The summed E-state index contributed by atoms with van der Waals surface area (Å²) in [5.74, 6) is 5.66. The molecule has 0 radical (unpaired) electrons. The van der Waals surface area contributed by atoms with Crippen molar-refractivity contribution >= 4 is 45.1 Å². The average molecular weight is 357 g/mol. The summed E-state index contributed by atoms with van der Waals surface area (Å²) in [6.45, 7) is 1.85. The number of pyridine rings is 2. The molecule has 0 aliphatic carbocycles. The van der Waals surface area contributed by atoms with Crippen molar-refractivity contribution < 1.29 is 4.79 Å². The zero-order valence-corrected chi connectivity index (χ0v) is 12.8. The third-order valence-corrected chi connectivity index (χ3v) is 3.24. The molecule has 0 unspecified atom stereocenters. The fourth-order valence-electron chi connectivity index (χ4n) is 1.52. The van der Waals surface area contributed by atoms with Crippen molar-refractivity contribution in [3.8, 4) is 0 Å². The van der Waals surface area contributed by atoms with Crippen LogP contribution in [0.5, 0.6) is 0 Å². The number of hydrogen-bond acceptors (Lipinski definition) is 5. The van der Waals surface area contributed by atoms with E-state index in [-0.39, 0.29) is 10.9 Å². The Morgan fingerprint density at radius 2 is 2.00 bits per heavy atom. The summed E-state index contributed by atoms with van der Waals surface area (Å²) in [5.41, 5.74) is 3.49. The molecule has 2 aromatic heterocycles. The molecule has 0 aromatic carbocycles. The first-order valence-corrected chi connectivity index (χ1v) is 6.74. The van der Waals surface area contributed by atoms with E-state index in [1.807, 2.05) is 13.0 Å². The molecular formula is C12H11BrClN5O. The second kappa shape index (κ2) is 6.17. The minimum atomic E-state index is -0.346. The van der Waals surface area contributed by atoms with Gasteiger partial charge in [-0.25, -0.2) is 15.8 Å². The standard InChI is InChI=1S/C12H11BrClN5O/c1-6-2-8(13)5-17-10(6)18-12(20)7-3-9(14)11(19-15)16-4-7/h2-5H,15H2,1H3,(H,16,19)(H,17,18,20). The smallest absolute Gasteiger partial charge is 0.258 e. The Kier molecular flexibility index (Phi) is 4.53. The summed E-state index contributed by atoms with van der Waals surface area (Å²) in [4.78, 5) is 20.2. The van der Waals surface area contributed by atoms with E-state index in [9.17, 15) is 4.79 Å². The van der Waals surface area contributed by atoms with Crippen LogP contribution in [0.15, 0.2) is 29.0 Å². The van der Waals surface area contributed by atoms with Crippen LogP contribution in [0.4, 0.5) is 11.6 Å². The number of hydrazine groups is 1. The molecule has 2 heterocycles. The van der Waals surface area contributed by atoms with Gasteiger partial charge in [-0.15, -0.1) is 0 Å². The largest absolute Gasteiger partial charge is 0.307 e. The minimum absolute atomic E-state index is 0.264. The number of nitrogens with zero attached hydrogens (tertiary/aromatic N) is 2. The molecule has 0 saturated heterocycles. The molecular weight excluding hydrogens is 346 g/mol. The monoisotopic (exact) mass is 355 g/mol. The Labute approximate surface area is 128 Å². The molecule has 4 N–H and O–H groups in total. The second-order valence-electron chi connectivity index (χ2n) is 3.97. The third kappa shape index (κ3) is 3.24. The van der Waals surface area contributed by atoms with Crippen LogP contribution in [0.3, 0.4) is 0 Å². The maximum absolute atomic E-state index is 12.1. The lowest BCUT2D eigenvalue weighted by Crippen LogP contribution is -2.15. The number of aromatic nitrogens is 2. The number of nitrogens with one attached hydrogen (secondary N) is 2. The molecule has 2 rings (SSSR count). The number of halogens is 2. The molecule has 20 heavy (non-hydrogen) atoms. The van der Waals surface area contributed by atoms with Gasteiger partial charge in [-0.1, -0.05) is 11.6 Å². The Morgan fingerprint density at radius 1 is 1.30 bits per heavy atom. The fourth-order valence-corrected chi connectivity index (χ4v) is 2.19. The van der Waals surface area contributed by atoms with Gasteiger partial charge in [0.15, 0.2) is 5.82 Å². The summed E-state index contributed by atoms with van der Waals surface area (Å²) >= 11 is 9.23. The van der Waals surface area contributed by atoms with Crippen LogP contribution in [0.1, 0.15) is 15.9 Å². The number of anilines is 2. The van der Waals surface area contributed by atoms with Crippen LogP contribution in [0.2, 0.25) is 5.02 Å². The highest BCUT2D eigenvalue weighted by molar-refractivity contribution is 9.10. The van der Waals surface area contributed by atoms with E-state index in [1.165, 1.54) is 12.3 Å². The summed E-state index contributed by atoms with van der Waals surface area (Å²) in [6.07, 6.45) is 2.99. The average Bonchev–Trinajstić information content (AvgIpc) is 2.41. The molecule has 0 saturated carbocycles. The van der Waals surface area contributed by atoms with Crippen molar-refractivity contribution in [2.45, 2.75) is 6.92 Å². The van der Waals surface area contributed by atoms with Crippen molar-refractivity contribution in [2.24, 2.45) is 5.84 Å². The lowest BCUT2D eigenvalue weighted by molar-refractivity contribution is 0.102. The van der Waals surface area contributed by atoms with Crippen molar-refractivity contribution in [3.05, 3.63) is 45.1 Å². The SMILES string of the molecule is Cc1cc(Br)cnc1NC(=O)c1cnc(NN)c(Cl)c1. The molecule has 0 atom stereocenters. The van der Waals surface area contributed by atoms with E-state index >= 15 is 0 Å². The first-order valence-electron chi connectivity index (χ1n) is 5.57. The molecule has 8 heteroatoms. The van der Waals surface area contributed by atoms with Crippen molar-refractivity contribution in [1.82, 2.24) is 9.97 Å². The molecule has 0 aliphatic heterocycles. The van der Waals surface area contributed by atoms with Crippen LogP contribution in [0.25, 0.3) is 0 Å². The molecule has 104 valence electrons. The maximum Gasteiger partial charge on any atom is 0.258 e. The predicted octanol–water partition coefficient (Wildman–Crippen LogP) is 2.74. The molecule has 0 spiro atoms. The summed E-state index contributed by atoms with van der Waals surface area (Å²) in [6, 6.07) is 3.34. The van der Waals surface area contributed by atoms with E-state index in [2.05, 4.69) is 36.6 Å². The molecule has 6 nitrogen and oxygen atoms in total. The minimum Gasteiger partial charge on any atom is -0.307 e. The number of carbonyl (C=O) groups is 1. The van der Waals surface area contributed by atoms with Gasteiger partial charge < -0.3 is 10.7 Å². The quantitative estimate of drug-likeness (QED) is 0.581. The van der Waals surface area contributed by atoms with Crippen LogP contribution in [0, 0.1) is 6.92 Å². The Bertz CT molecular complexity index is 664. The number of carbonyl (C=O) groups excluding carboxylic acids is 1. The molecule has 0 bridgehead atoms. The summed E-state index contributed by atoms with van der Waals surface area (Å²) in [5, 5.41) is 2.96. The number of rotatable bonds is 3. The van der Waals surface area contributed by atoms with E-state index in [1.54, 1.807) is 6.20 Å². The van der Waals surface area contributed by atoms with Crippen molar-refractivity contribution in [3.63, 3.8) is 0 Å². The van der Waals surface area contributed by atoms with E-state index in [0.717, 1.165) is 10.0 Å². The zero-order chi connectivity index (χ0) is 14.7. The van der Waals surface area contributed by atoms with Gasteiger partial charge >= 0.3 is 0 Å². The number of nitrogen functional groups attached to an aromatic ring is 1. The van der Waals surface area contributed by atoms with Gasteiger partial charge in [0.1, 0.15) is 5.82 Å². The normalized spacial score (nSPS) is 10.2. The predicted molar refractivity (Wildman–Crippen MR) is 81.7 cm³/mol. The van der Waals surface area contributed by atoms with Crippen LogP contribution in [-0.4, -0.2) is 15.9 Å². The van der Waals surface area contributed by atoms with Gasteiger partial charge in [0.25, 0.3) is 5.91 Å². The van der Waals surface area contributed by atoms with Gasteiger partial charge in [-0.2, -0.15) is 0 Å². The number of aryl methyl sites for hydroxylation is 1. The highest BCUT2D eigenvalue weighted by Crippen LogP contribution is 2.21. The lowest BCUT2D eigenvalue weighted by Gasteiger charge is -2.08. The first kappa shape index (κ1) is 14.7. The van der Waals surface area contributed by atoms with Gasteiger partial charge in [0.05, 0.1) is 10.6 Å². The van der Waals surface area contributed by atoms with Gasteiger partial charge in [0, 0.05) is 16.9 Å². The number of amides is 1. The Morgan fingerprint density at radius 3 is 2.60 bits per heavy atom. The highest BCUT2D eigenvalue weighted by atomic mass is 79.9. The van der Waals surface area contributed by atoms with Gasteiger partial charge in [-0.05, 0) is 40.5 Å². The molecule has 0 aliphatic rings. The van der Waals surface area contributed by atoms with E-state index in [4.69, 9.17) is 17.4 Å². The van der Waals surface area contributed by atoms with Crippen LogP contribution in [-0.2, 0) is 0 Å². The van der Waals surface area contributed by atoms with E-state index in [0.29, 0.717) is 17.2 Å². The van der Waals surface area contributed by atoms with Gasteiger partial charge in [-0.3, -0.25) is 4.79 Å². The molecule has 2 aromatic rings. The number of nitrogens with two attached hydrogens (primary N) is 1. The lowest BCUT2D eigenvalue weighted by atomic mass is 10.2.